The van der Waals surface area contributed by atoms with E-state index in [0.29, 0.717) is 16.5 Å². The smallest absolute Gasteiger partial charge is 0.377 e. The summed E-state index contributed by atoms with van der Waals surface area (Å²) in [5.74, 6) is -0.668. The van der Waals surface area contributed by atoms with Crippen LogP contribution in [-0.2, 0) is 4.74 Å². The Morgan fingerprint density at radius 1 is 1.56 bits per heavy atom. The van der Waals surface area contributed by atoms with Crippen molar-refractivity contribution in [3.05, 3.63) is 33.6 Å². The summed E-state index contributed by atoms with van der Waals surface area (Å²) in [4.78, 5) is 21.8. The average Bonchev–Trinajstić information content (AvgIpc) is 2.74. The van der Waals surface area contributed by atoms with E-state index < -0.39 is 10.9 Å². The van der Waals surface area contributed by atoms with Crippen molar-refractivity contribution in [2.75, 3.05) is 6.61 Å². The lowest BCUT2D eigenvalue weighted by Crippen LogP contribution is -2.03. The molecule has 0 saturated carbocycles. The Morgan fingerprint density at radius 2 is 2.28 bits per heavy atom. The third-order valence-electron chi connectivity index (χ3n) is 2.53. The van der Waals surface area contributed by atoms with Crippen LogP contribution in [0.3, 0.4) is 0 Å². The van der Waals surface area contributed by atoms with Gasteiger partial charge in [-0.05, 0) is 19.9 Å². The van der Waals surface area contributed by atoms with Crippen molar-refractivity contribution in [3.63, 3.8) is 0 Å². The topological polar surface area (TPSA) is 95.5 Å². The van der Waals surface area contributed by atoms with Crippen molar-refractivity contribution in [1.29, 1.82) is 0 Å². The van der Waals surface area contributed by atoms with Crippen LogP contribution in [0.4, 0.5) is 5.69 Å². The molecule has 0 aliphatic carbocycles. The standard InChI is InChI=1S/C11H10N2O5/c1-3-17-11(14)10-7-4-5-8(13(15)16)6(2)9(7)12-18-10/h4-5H,3H2,1-2H3. The second-order valence-corrected chi connectivity index (χ2v) is 3.60. The maximum atomic E-state index is 11.6. The molecule has 18 heavy (non-hydrogen) atoms. The molecule has 0 aliphatic rings. The van der Waals surface area contributed by atoms with Crippen LogP contribution in [0.1, 0.15) is 23.0 Å². The fourth-order valence-corrected chi connectivity index (χ4v) is 1.67. The molecule has 0 radical (unpaired) electrons. The molecule has 0 aliphatic heterocycles. The highest BCUT2D eigenvalue weighted by atomic mass is 16.6. The van der Waals surface area contributed by atoms with E-state index in [-0.39, 0.29) is 18.1 Å². The molecule has 1 aromatic heterocycles. The van der Waals surface area contributed by atoms with Gasteiger partial charge in [0.05, 0.1) is 22.5 Å². The molecule has 94 valence electrons. The molecule has 2 rings (SSSR count). The van der Waals surface area contributed by atoms with Gasteiger partial charge in [0.25, 0.3) is 11.4 Å². The van der Waals surface area contributed by atoms with Crippen molar-refractivity contribution in [3.8, 4) is 0 Å². The number of carbonyl (C=O) groups is 1. The van der Waals surface area contributed by atoms with Crippen molar-refractivity contribution in [2.24, 2.45) is 0 Å². The summed E-state index contributed by atoms with van der Waals surface area (Å²) >= 11 is 0. The summed E-state index contributed by atoms with van der Waals surface area (Å²) in [6, 6.07) is 2.75. The van der Waals surface area contributed by atoms with Crippen LogP contribution in [0.2, 0.25) is 0 Å². The van der Waals surface area contributed by atoms with Crippen LogP contribution >= 0.6 is 0 Å². The lowest BCUT2D eigenvalue weighted by atomic mass is 10.1. The third kappa shape index (κ3) is 1.79. The molecule has 7 heteroatoms. The maximum Gasteiger partial charge on any atom is 0.377 e. The van der Waals surface area contributed by atoms with E-state index in [1.165, 1.54) is 12.1 Å². The van der Waals surface area contributed by atoms with Crippen LogP contribution in [0.5, 0.6) is 0 Å². The van der Waals surface area contributed by atoms with Gasteiger partial charge in [-0.2, -0.15) is 0 Å². The first-order valence-corrected chi connectivity index (χ1v) is 5.26. The Kier molecular flexibility index (Phi) is 2.97. The molecule has 0 amide bonds. The number of hydrogen-bond acceptors (Lipinski definition) is 6. The number of esters is 1. The zero-order chi connectivity index (χ0) is 13.3. The van der Waals surface area contributed by atoms with E-state index in [4.69, 9.17) is 9.26 Å². The summed E-state index contributed by atoms with van der Waals surface area (Å²) in [5.41, 5.74) is 0.593. The first kappa shape index (κ1) is 12.0. The van der Waals surface area contributed by atoms with E-state index in [9.17, 15) is 14.9 Å². The monoisotopic (exact) mass is 250 g/mol. The molecule has 0 unspecified atom stereocenters. The SMILES string of the molecule is CCOC(=O)c1onc2c(C)c([N+](=O)[O-])ccc12. The second-order valence-electron chi connectivity index (χ2n) is 3.60. The van der Waals surface area contributed by atoms with E-state index in [2.05, 4.69) is 5.16 Å². The summed E-state index contributed by atoms with van der Waals surface area (Å²) in [7, 11) is 0. The zero-order valence-corrected chi connectivity index (χ0v) is 9.80. The van der Waals surface area contributed by atoms with Gasteiger partial charge < -0.3 is 9.26 Å². The highest BCUT2D eigenvalue weighted by Gasteiger charge is 2.22. The molecule has 0 N–H and O–H groups in total. The number of nitrogens with zero attached hydrogens (tertiary/aromatic N) is 2. The fourth-order valence-electron chi connectivity index (χ4n) is 1.67. The highest BCUT2D eigenvalue weighted by molar-refractivity contribution is 6.02. The van der Waals surface area contributed by atoms with Gasteiger partial charge in [-0.3, -0.25) is 10.1 Å². The van der Waals surface area contributed by atoms with Crippen LogP contribution < -0.4 is 0 Å². The van der Waals surface area contributed by atoms with E-state index >= 15 is 0 Å². The Bertz CT molecular complexity index is 632. The van der Waals surface area contributed by atoms with E-state index in [1.807, 2.05) is 0 Å². The molecule has 1 aromatic carbocycles. The van der Waals surface area contributed by atoms with Crippen LogP contribution in [0.15, 0.2) is 16.7 Å². The highest BCUT2D eigenvalue weighted by Crippen LogP contribution is 2.28. The van der Waals surface area contributed by atoms with Crippen molar-refractivity contribution >= 4 is 22.6 Å². The minimum Gasteiger partial charge on any atom is -0.460 e. The van der Waals surface area contributed by atoms with E-state index in [0.717, 1.165) is 0 Å². The molecule has 0 fully saturated rings. The molecular formula is C11H10N2O5. The minimum atomic E-state index is -0.631. The Morgan fingerprint density at radius 3 is 2.89 bits per heavy atom. The maximum absolute atomic E-state index is 11.6. The predicted molar refractivity (Wildman–Crippen MR) is 61.4 cm³/mol. The molecule has 2 aromatic rings. The van der Waals surface area contributed by atoms with Crippen molar-refractivity contribution < 1.29 is 19.0 Å². The first-order chi connectivity index (χ1) is 8.56. The number of aromatic nitrogens is 1. The van der Waals surface area contributed by atoms with Crippen molar-refractivity contribution in [2.45, 2.75) is 13.8 Å². The molecule has 0 atom stereocenters. The number of nitro benzene ring substituents is 1. The first-order valence-electron chi connectivity index (χ1n) is 5.26. The average molecular weight is 250 g/mol. The summed E-state index contributed by atoms with van der Waals surface area (Å²) in [6.07, 6.45) is 0. The number of benzene rings is 1. The van der Waals surface area contributed by atoms with Crippen LogP contribution in [0.25, 0.3) is 10.9 Å². The second kappa shape index (κ2) is 4.44. The number of hydrogen-bond donors (Lipinski definition) is 0. The Hall–Kier alpha value is -2.44. The summed E-state index contributed by atoms with van der Waals surface area (Å²) in [6.45, 7) is 3.44. The predicted octanol–water partition coefficient (Wildman–Crippen LogP) is 2.22. The van der Waals surface area contributed by atoms with Gasteiger partial charge in [0.15, 0.2) is 0 Å². The molecule has 1 heterocycles. The Labute approximate surface area is 101 Å². The normalized spacial score (nSPS) is 10.6. The lowest BCUT2D eigenvalue weighted by molar-refractivity contribution is -0.385. The molecule has 0 bridgehead atoms. The van der Waals surface area contributed by atoms with Gasteiger partial charge in [0.2, 0.25) is 0 Å². The molecule has 0 spiro atoms. The van der Waals surface area contributed by atoms with Crippen molar-refractivity contribution in [1.82, 2.24) is 5.16 Å². The lowest BCUT2D eigenvalue weighted by Gasteiger charge is -1.98. The largest absolute Gasteiger partial charge is 0.460 e. The third-order valence-corrected chi connectivity index (χ3v) is 2.53. The summed E-state index contributed by atoms with van der Waals surface area (Å²) in [5, 5.41) is 14.9. The zero-order valence-electron chi connectivity index (χ0n) is 9.80. The van der Waals surface area contributed by atoms with Crippen LogP contribution in [-0.4, -0.2) is 22.7 Å². The van der Waals surface area contributed by atoms with Gasteiger partial charge in [-0.15, -0.1) is 0 Å². The summed E-state index contributed by atoms with van der Waals surface area (Å²) < 4.78 is 9.70. The number of rotatable bonds is 3. The number of aryl methyl sites for hydroxylation is 1. The van der Waals surface area contributed by atoms with E-state index in [1.54, 1.807) is 13.8 Å². The van der Waals surface area contributed by atoms with Gasteiger partial charge in [0, 0.05) is 6.07 Å². The number of carbonyl (C=O) groups excluding carboxylic acids is 1. The van der Waals surface area contributed by atoms with Gasteiger partial charge >= 0.3 is 5.97 Å². The number of fused-ring (bicyclic) bond motifs is 1. The van der Waals surface area contributed by atoms with Gasteiger partial charge in [-0.25, -0.2) is 4.79 Å². The number of ether oxygens (including phenoxy) is 1. The number of nitro groups is 1. The van der Waals surface area contributed by atoms with Crippen LogP contribution in [0, 0.1) is 17.0 Å². The molecule has 0 saturated heterocycles. The molecular weight excluding hydrogens is 240 g/mol. The van der Waals surface area contributed by atoms with Gasteiger partial charge in [0.1, 0.15) is 5.52 Å². The molecule has 7 nitrogen and oxygen atoms in total. The Balaban J connectivity index is 2.59. The fraction of sp³-hybridized carbons (Fsp3) is 0.273. The van der Waals surface area contributed by atoms with Gasteiger partial charge in [-0.1, -0.05) is 5.16 Å². The minimum absolute atomic E-state index is 0.0372. The quantitative estimate of drug-likeness (QED) is 0.470.